The Labute approximate surface area is 124 Å². The molecule has 0 unspecified atom stereocenters. The highest BCUT2D eigenvalue weighted by atomic mass is 127. The summed E-state index contributed by atoms with van der Waals surface area (Å²) < 4.78 is 11.1. The van der Waals surface area contributed by atoms with Gasteiger partial charge in [-0.15, -0.1) is 0 Å². The molecule has 0 aliphatic rings. The SMILES string of the molecule is COc1cnc(C(=O)c2ccc(I)cc2)c(OC)n1. The smallest absolute Gasteiger partial charge is 0.247 e. The minimum atomic E-state index is -0.233. The fraction of sp³-hybridized carbons (Fsp3) is 0.154. The number of ketones is 1. The first kappa shape index (κ1) is 13.7. The van der Waals surface area contributed by atoms with E-state index in [0.29, 0.717) is 11.4 Å². The molecule has 6 heteroatoms. The second-order valence-electron chi connectivity index (χ2n) is 3.61. The molecular weight excluding hydrogens is 359 g/mol. The number of methoxy groups -OCH3 is 2. The van der Waals surface area contributed by atoms with Crippen LogP contribution < -0.4 is 9.47 Å². The number of nitrogens with zero attached hydrogens (tertiary/aromatic N) is 2. The molecule has 0 N–H and O–H groups in total. The third kappa shape index (κ3) is 3.01. The molecule has 0 saturated heterocycles. The van der Waals surface area contributed by atoms with Gasteiger partial charge in [-0.1, -0.05) is 0 Å². The predicted octanol–water partition coefficient (Wildman–Crippen LogP) is 2.33. The van der Waals surface area contributed by atoms with Crippen LogP contribution in [0.25, 0.3) is 0 Å². The van der Waals surface area contributed by atoms with E-state index < -0.39 is 0 Å². The van der Waals surface area contributed by atoms with Gasteiger partial charge in [0.05, 0.1) is 20.4 Å². The predicted molar refractivity (Wildman–Crippen MR) is 77.7 cm³/mol. The molecule has 1 aromatic heterocycles. The quantitative estimate of drug-likeness (QED) is 0.611. The molecule has 0 saturated carbocycles. The molecule has 0 spiro atoms. The van der Waals surface area contributed by atoms with Crippen molar-refractivity contribution >= 4 is 28.4 Å². The first-order valence-electron chi connectivity index (χ1n) is 5.41. The zero-order valence-electron chi connectivity index (χ0n) is 10.4. The lowest BCUT2D eigenvalue weighted by molar-refractivity contribution is 0.103. The average molecular weight is 370 g/mol. The summed E-state index contributed by atoms with van der Waals surface area (Å²) in [5.74, 6) is 0.224. The Bertz CT molecular complexity index is 599. The van der Waals surface area contributed by atoms with Crippen LogP contribution in [0.1, 0.15) is 16.1 Å². The van der Waals surface area contributed by atoms with Gasteiger partial charge in [-0.3, -0.25) is 4.79 Å². The highest BCUT2D eigenvalue weighted by Crippen LogP contribution is 2.20. The zero-order valence-corrected chi connectivity index (χ0v) is 12.5. The van der Waals surface area contributed by atoms with E-state index in [1.165, 1.54) is 20.4 Å². The highest BCUT2D eigenvalue weighted by Gasteiger charge is 2.18. The van der Waals surface area contributed by atoms with Crippen molar-refractivity contribution in [1.29, 1.82) is 0 Å². The van der Waals surface area contributed by atoms with Crippen molar-refractivity contribution in [2.45, 2.75) is 0 Å². The third-order valence-corrected chi connectivity index (χ3v) is 3.16. The Kier molecular flexibility index (Phi) is 4.31. The van der Waals surface area contributed by atoms with Gasteiger partial charge in [-0.2, -0.15) is 4.98 Å². The van der Waals surface area contributed by atoms with Gasteiger partial charge >= 0.3 is 0 Å². The molecule has 1 aromatic carbocycles. The fourth-order valence-corrected chi connectivity index (χ4v) is 1.85. The molecule has 98 valence electrons. The van der Waals surface area contributed by atoms with Gasteiger partial charge in [-0.05, 0) is 46.9 Å². The lowest BCUT2D eigenvalue weighted by Crippen LogP contribution is -2.08. The van der Waals surface area contributed by atoms with Crippen molar-refractivity contribution in [3.63, 3.8) is 0 Å². The molecule has 0 aliphatic heterocycles. The maximum absolute atomic E-state index is 12.3. The van der Waals surface area contributed by atoms with Gasteiger partial charge in [0, 0.05) is 9.13 Å². The van der Waals surface area contributed by atoms with Gasteiger partial charge in [0.1, 0.15) is 0 Å². The van der Waals surface area contributed by atoms with Gasteiger partial charge in [0.25, 0.3) is 0 Å². The number of ether oxygens (including phenoxy) is 2. The standard InChI is InChI=1S/C13H11IN2O3/c1-18-10-7-15-11(13(16-10)19-2)12(17)8-3-5-9(14)6-4-8/h3-7H,1-2H3. The molecule has 2 aromatic rings. The lowest BCUT2D eigenvalue weighted by atomic mass is 10.1. The number of hydrogen-bond acceptors (Lipinski definition) is 5. The first-order valence-corrected chi connectivity index (χ1v) is 6.49. The normalized spacial score (nSPS) is 10.1. The van der Waals surface area contributed by atoms with E-state index in [9.17, 15) is 4.79 Å². The Morgan fingerprint density at radius 1 is 1.16 bits per heavy atom. The molecule has 0 fully saturated rings. The molecule has 0 amide bonds. The Morgan fingerprint density at radius 3 is 2.42 bits per heavy atom. The molecule has 0 aliphatic carbocycles. The Morgan fingerprint density at radius 2 is 1.84 bits per heavy atom. The third-order valence-electron chi connectivity index (χ3n) is 2.44. The summed E-state index contributed by atoms with van der Waals surface area (Å²) >= 11 is 2.18. The molecule has 1 heterocycles. The molecule has 2 rings (SSSR count). The number of carbonyl (C=O) groups excluding carboxylic acids is 1. The van der Waals surface area contributed by atoms with Crippen LogP contribution in [0, 0.1) is 3.57 Å². The van der Waals surface area contributed by atoms with E-state index in [2.05, 4.69) is 32.6 Å². The maximum atomic E-state index is 12.3. The van der Waals surface area contributed by atoms with Crippen LogP contribution in [0.5, 0.6) is 11.8 Å². The average Bonchev–Trinajstić information content (AvgIpc) is 2.46. The van der Waals surface area contributed by atoms with Gasteiger partial charge in [0.2, 0.25) is 17.5 Å². The van der Waals surface area contributed by atoms with E-state index in [0.717, 1.165) is 3.57 Å². The van der Waals surface area contributed by atoms with E-state index in [-0.39, 0.29) is 17.4 Å². The van der Waals surface area contributed by atoms with Crippen molar-refractivity contribution in [2.75, 3.05) is 14.2 Å². The summed E-state index contributed by atoms with van der Waals surface area (Å²) in [5.41, 5.74) is 0.711. The number of rotatable bonds is 4. The van der Waals surface area contributed by atoms with Crippen LogP contribution in [-0.2, 0) is 0 Å². The van der Waals surface area contributed by atoms with E-state index >= 15 is 0 Å². The molecule has 5 nitrogen and oxygen atoms in total. The van der Waals surface area contributed by atoms with E-state index in [1.54, 1.807) is 12.1 Å². The van der Waals surface area contributed by atoms with E-state index in [1.807, 2.05) is 12.1 Å². The van der Waals surface area contributed by atoms with Crippen LogP contribution in [-0.4, -0.2) is 30.0 Å². The van der Waals surface area contributed by atoms with Crippen molar-refractivity contribution in [1.82, 2.24) is 9.97 Å². The van der Waals surface area contributed by atoms with Crippen LogP contribution in [0.4, 0.5) is 0 Å². The number of benzene rings is 1. The van der Waals surface area contributed by atoms with Crippen LogP contribution in [0.2, 0.25) is 0 Å². The summed E-state index contributed by atoms with van der Waals surface area (Å²) in [5, 5.41) is 0. The molecule has 19 heavy (non-hydrogen) atoms. The monoisotopic (exact) mass is 370 g/mol. The second kappa shape index (κ2) is 5.96. The minimum absolute atomic E-state index is 0.155. The molecule has 0 radical (unpaired) electrons. The van der Waals surface area contributed by atoms with Crippen molar-refractivity contribution in [3.05, 3.63) is 45.3 Å². The highest BCUT2D eigenvalue weighted by molar-refractivity contribution is 14.1. The fourth-order valence-electron chi connectivity index (χ4n) is 1.49. The summed E-state index contributed by atoms with van der Waals surface area (Å²) in [6.07, 6.45) is 1.39. The van der Waals surface area contributed by atoms with Crippen molar-refractivity contribution in [2.24, 2.45) is 0 Å². The second-order valence-corrected chi connectivity index (χ2v) is 4.85. The molecule has 0 atom stereocenters. The zero-order chi connectivity index (χ0) is 13.8. The van der Waals surface area contributed by atoms with Gasteiger partial charge in [0.15, 0.2) is 5.69 Å². The molecular formula is C13H11IN2O3. The number of halogens is 1. The summed E-state index contributed by atoms with van der Waals surface area (Å²) in [6, 6.07) is 7.21. The van der Waals surface area contributed by atoms with Gasteiger partial charge < -0.3 is 9.47 Å². The first-order chi connectivity index (χ1) is 9.15. The van der Waals surface area contributed by atoms with Crippen molar-refractivity contribution in [3.8, 4) is 11.8 Å². The summed E-state index contributed by atoms with van der Waals surface area (Å²) in [4.78, 5) is 20.4. The van der Waals surface area contributed by atoms with Gasteiger partial charge in [-0.25, -0.2) is 4.98 Å². The summed E-state index contributed by atoms with van der Waals surface area (Å²) in [7, 11) is 2.91. The minimum Gasteiger partial charge on any atom is -0.480 e. The largest absolute Gasteiger partial charge is 0.480 e. The number of aromatic nitrogens is 2. The topological polar surface area (TPSA) is 61.3 Å². The van der Waals surface area contributed by atoms with E-state index in [4.69, 9.17) is 9.47 Å². The summed E-state index contributed by atoms with van der Waals surface area (Å²) in [6.45, 7) is 0. The number of hydrogen-bond donors (Lipinski definition) is 0. The Balaban J connectivity index is 2.40. The van der Waals surface area contributed by atoms with Crippen LogP contribution in [0.15, 0.2) is 30.5 Å². The van der Waals surface area contributed by atoms with Crippen molar-refractivity contribution < 1.29 is 14.3 Å². The molecule has 0 bridgehead atoms. The maximum Gasteiger partial charge on any atom is 0.247 e. The Hall–Kier alpha value is -1.70. The van der Waals surface area contributed by atoms with Crippen LogP contribution in [0.3, 0.4) is 0 Å². The van der Waals surface area contributed by atoms with Crippen LogP contribution >= 0.6 is 22.6 Å². The lowest BCUT2D eigenvalue weighted by Gasteiger charge is -2.07. The number of carbonyl (C=O) groups is 1.